The van der Waals surface area contributed by atoms with Crippen LogP contribution in [0.5, 0.6) is 11.5 Å². The number of anilines is 1. The molecular weight excluding hydrogens is 295 g/mol. The summed E-state index contributed by atoms with van der Waals surface area (Å²) in [5, 5.41) is 2.52. The monoisotopic (exact) mass is 308 g/mol. The van der Waals surface area contributed by atoms with Crippen molar-refractivity contribution in [2.24, 2.45) is 0 Å². The van der Waals surface area contributed by atoms with E-state index >= 15 is 0 Å². The zero-order valence-electron chi connectivity index (χ0n) is 12.1. The predicted molar refractivity (Wildman–Crippen MR) is 85.8 cm³/mol. The van der Waals surface area contributed by atoms with Crippen molar-refractivity contribution in [1.29, 1.82) is 0 Å². The van der Waals surface area contributed by atoms with Gasteiger partial charge in [-0.05, 0) is 60.7 Å². The number of pyridine rings is 1. The molecule has 114 valence electrons. The lowest BCUT2D eigenvalue weighted by molar-refractivity contribution is -0.105. The SMILES string of the molecule is O=CNc1cccc(-c2ccc(Oc3ccc(F)cc3)cc2)n1. The van der Waals surface area contributed by atoms with Gasteiger partial charge in [0, 0.05) is 5.56 Å². The second kappa shape index (κ2) is 6.70. The first kappa shape index (κ1) is 14.7. The van der Waals surface area contributed by atoms with Gasteiger partial charge in [-0.25, -0.2) is 9.37 Å². The van der Waals surface area contributed by atoms with E-state index < -0.39 is 0 Å². The summed E-state index contributed by atoms with van der Waals surface area (Å²) in [7, 11) is 0. The Hall–Kier alpha value is -3.21. The lowest BCUT2D eigenvalue weighted by Gasteiger charge is -2.07. The summed E-state index contributed by atoms with van der Waals surface area (Å²) >= 11 is 0. The smallest absolute Gasteiger partial charge is 0.212 e. The van der Waals surface area contributed by atoms with Crippen molar-refractivity contribution in [2.75, 3.05) is 5.32 Å². The number of benzene rings is 2. The van der Waals surface area contributed by atoms with Crippen LogP contribution in [0, 0.1) is 5.82 Å². The molecular formula is C18H13FN2O2. The van der Waals surface area contributed by atoms with Crippen LogP contribution in [0.4, 0.5) is 10.2 Å². The maximum absolute atomic E-state index is 12.9. The Bertz CT molecular complexity index is 802. The molecule has 23 heavy (non-hydrogen) atoms. The van der Waals surface area contributed by atoms with Gasteiger partial charge in [-0.15, -0.1) is 0 Å². The molecule has 0 bridgehead atoms. The summed E-state index contributed by atoms with van der Waals surface area (Å²) in [5.74, 6) is 1.39. The van der Waals surface area contributed by atoms with Crippen molar-refractivity contribution in [3.05, 3.63) is 72.5 Å². The number of aromatic nitrogens is 1. The molecule has 5 heteroatoms. The molecule has 0 saturated heterocycles. The maximum atomic E-state index is 12.9. The number of hydrogen-bond donors (Lipinski definition) is 1. The van der Waals surface area contributed by atoms with Crippen molar-refractivity contribution in [3.63, 3.8) is 0 Å². The number of nitrogens with one attached hydrogen (secondary N) is 1. The van der Waals surface area contributed by atoms with Gasteiger partial charge in [0.2, 0.25) is 6.41 Å². The minimum Gasteiger partial charge on any atom is -0.457 e. The van der Waals surface area contributed by atoms with Crippen molar-refractivity contribution in [2.45, 2.75) is 0 Å². The first-order valence-corrected chi connectivity index (χ1v) is 6.96. The Labute approximate surface area is 132 Å². The molecule has 3 aromatic rings. The van der Waals surface area contributed by atoms with E-state index in [1.54, 1.807) is 30.3 Å². The highest BCUT2D eigenvalue weighted by Gasteiger charge is 2.03. The highest BCUT2D eigenvalue weighted by Crippen LogP contribution is 2.25. The Kier molecular flexibility index (Phi) is 4.29. The number of halogens is 1. The highest BCUT2D eigenvalue weighted by atomic mass is 19.1. The number of nitrogens with zero attached hydrogens (tertiary/aromatic N) is 1. The van der Waals surface area contributed by atoms with E-state index in [4.69, 9.17) is 4.74 Å². The number of amides is 1. The topological polar surface area (TPSA) is 51.2 Å². The number of ether oxygens (including phenoxy) is 1. The largest absolute Gasteiger partial charge is 0.457 e. The van der Waals surface area contributed by atoms with Crippen LogP contribution in [0.25, 0.3) is 11.3 Å². The molecule has 0 aliphatic heterocycles. The molecule has 4 nitrogen and oxygen atoms in total. The van der Waals surface area contributed by atoms with E-state index in [-0.39, 0.29) is 5.82 Å². The molecule has 0 saturated carbocycles. The summed E-state index contributed by atoms with van der Waals surface area (Å²) in [6, 6.07) is 18.6. The van der Waals surface area contributed by atoms with Gasteiger partial charge in [0.05, 0.1) is 5.69 Å². The summed E-state index contributed by atoms with van der Waals surface area (Å²) in [4.78, 5) is 14.8. The van der Waals surface area contributed by atoms with E-state index in [1.165, 1.54) is 12.1 Å². The van der Waals surface area contributed by atoms with Crippen molar-refractivity contribution >= 4 is 12.2 Å². The minimum atomic E-state index is -0.303. The molecule has 1 aromatic heterocycles. The predicted octanol–water partition coefficient (Wildman–Crippen LogP) is 4.25. The van der Waals surface area contributed by atoms with Crippen LogP contribution in [0.15, 0.2) is 66.7 Å². The van der Waals surface area contributed by atoms with Crippen molar-refractivity contribution in [1.82, 2.24) is 4.98 Å². The van der Waals surface area contributed by atoms with Gasteiger partial charge in [0.1, 0.15) is 23.1 Å². The van der Waals surface area contributed by atoms with Gasteiger partial charge in [-0.2, -0.15) is 0 Å². The van der Waals surface area contributed by atoms with Crippen molar-refractivity contribution < 1.29 is 13.9 Å². The quantitative estimate of drug-likeness (QED) is 0.717. The van der Waals surface area contributed by atoms with Crippen LogP contribution in [-0.2, 0) is 4.79 Å². The summed E-state index contributed by atoms with van der Waals surface area (Å²) in [6.07, 6.45) is 0.589. The first-order chi connectivity index (χ1) is 11.2. The van der Waals surface area contributed by atoms with Crippen LogP contribution in [0.3, 0.4) is 0 Å². The average molecular weight is 308 g/mol. The minimum absolute atomic E-state index is 0.303. The third kappa shape index (κ3) is 3.71. The van der Waals surface area contributed by atoms with Crippen LogP contribution in [-0.4, -0.2) is 11.4 Å². The zero-order chi connectivity index (χ0) is 16.1. The third-order valence-corrected chi connectivity index (χ3v) is 3.16. The van der Waals surface area contributed by atoms with E-state index in [9.17, 15) is 9.18 Å². The Morgan fingerprint density at radius 2 is 1.57 bits per heavy atom. The molecule has 0 aliphatic carbocycles. The van der Waals surface area contributed by atoms with E-state index in [1.807, 2.05) is 24.3 Å². The van der Waals surface area contributed by atoms with Gasteiger partial charge in [-0.1, -0.05) is 6.07 Å². The molecule has 3 rings (SSSR count). The Morgan fingerprint density at radius 1 is 0.913 bits per heavy atom. The molecule has 1 amide bonds. The summed E-state index contributed by atoms with van der Waals surface area (Å²) in [5.41, 5.74) is 1.64. The fraction of sp³-hybridized carbons (Fsp3) is 0. The van der Waals surface area contributed by atoms with Crippen LogP contribution in [0.1, 0.15) is 0 Å². The van der Waals surface area contributed by atoms with E-state index in [0.29, 0.717) is 23.7 Å². The second-order valence-electron chi connectivity index (χ2n) is 4.75. The summed E-state index contributed by atoms with van der Waals surface area (Å²) < 4.78 is 18.5. The molecule has 2 aromatic carbocycles. The first-order valence-electron chi connectivity index (χ1n) is 6.96. The molecule has 0 fully saturated rings. The number of hydrogen-bond acceptors (Lipinski definition) is 3. The van der Waals surface area contributed by atoms with E-state index in [0.717, 1.165) is 11.3 Å². The molecule has 1 N–H and O–H groups in total. The lowest BCUT2D eigenvalue weighted by atomic mass is 10.1. The highest BCUT2D eigenvalue weighted by molar-refractivity contribution is 5.71. The van der Waals surface area contributed by atoms with Crippen molar-refractivity contribution in [3.8, 4) is 22.8 Å². The lowest BCUT2D eigenvalue weighted by Crippen LogP contribution is -1.97. The zero-order valence-corrected chi connectivity index (χ0v) is 12.1. The number of carbonyl (C=O) groups excluding carboxylic acids is 1. The third-order valence-electron chi connectivity index (χ3n) is 3.16. The standard InChI is InChI=1S/C18H13FN2O2/c19-14-6-10-16(11-7-14)23-15-8-4-13(5-9-15)17-2-1-3-18(21-17)20-12-22/h1-12H,(H,20,21,22). The molecule has 1 heterocycles. The number of rotatable bonds is 5. The fourth-order valence-corrected chi connectivity index (χ4v) is 2.07. The Morgan fingerprint density at radius 3 is 2.22 bits per heavy atom. The van der Waals surface area contributed by atoms with Crippen LogP contribution < -0.4 is 10.1 Å². The van der Waals surface area contributed by atoms with Gasteiger partial charge in [-0.3, -0.25) is 4.79 Å². The van der Waals surface area contributed by atoms with Gasteiger partial charge >= 0.3 is 0 Å². The van der Waals surface area contributed by atoms with Gasteiger partial charge in [0.25, 0.3) is 0 Å². The molecule has 0 radical (unpaired) electrons. The molecule has 0 atom stereocenters. The van der Waals surface area contributed by atoms with Gasteiger partial charge in [0.15, 0.2) is 0 Å². The molecule has 0 aliphatic rings. The number of carbonyl (C=O) groups is 1. The van der Waals surface area contributed by atoms with Crippen LogP contribution in [0.2, 0.25) is 0 Å². The maximum Gasteiger partial charge on any atom is 0.212 e. The van der Waals surface area contributed by atoms with E-state index in [2.05, 4.69) is 10.3 Å². The van der Waals surface area contributed by atoms with Gasteiger partial charge < -0.3 is 10.1 Å². The molecule has 0 spiro atoms. The Balaban J connectivity index is 1.77. The average Bonchev–Trinajstić information content (AvgIpc) is 2.58. The normalized spacial score (nSPS) is 10.1. The fourth-order valence-electron chi connectivity index (χ4n) is 2.07. The van der Waals surface area contributed by atoms with Crippen LogP contribution >= 0.6 is 0 Å². The second-order valence-corrected chi connectivity index (χ2v) is 4.75. The molecule has 0 unspecified atom stereocenters. The summed E-state index contributed by atoms with van der Waals surface area (Å²) in [6.45, 7) is 0.